The second kappa shape index (κ2) is 8.50. The minimum absolute atomic E-state index is 0.105. The third-order valence-electron chi connectivity index (χ3n) is 4.04. The summed E-state index contributed by atoms with van der Waals surface area (Å²) in [6, 6.07) is 12.1. The number of aromatic nitrogens is 1. The number of alkyl halides is 3. The minimum Gasteiger partial charge on any atom is -0.323 e. The molecule has 1 heterocycles. The van der Waals surface area contributed by atoms with Gasteiger partial charge in [-0.2, -0.15) is 13.2 Å². The number of nitrogens with one attached hydrogen (secondary N) is 1. The molecule has 0 spiro atoms. The van der Waals surface area contributed by atoms with Gasteiger partial charge in [-0.15, -0.1) is 0 Å². The number of carbonyl (C=O) groups excluding carboxylic acids is 1. The molecular weight excluding hydrogens is 417 g/mol. The lowest BCUT2D eigenvalue weighted by Gasteiger charge is -2.09. The smallest absolute Gasteiger partial charge is 0.323 e. The van der Waals surface area contributed by atoms with Crippen molar-refractivity contribution < 1.29 is 26.4 Å². The van der Waals surface area contributed by atoms with Gasteiger partial charge in [0.05, 0.1) is 15.4 Å². The Balaban J connectivity index is 1.71. The standard InChI is InChI=1S/C21H15F3N2O3S/c22-21(23,24)16-4-8-18(9-5-16)30(28,29)19-10-6-17(7-11-19)26-20(27)12-3-15-2-1-13-25-14-15/h1-14H,(H,26,27)/b12-3+. The third-order valence-corrected chi connectivity index (χ3v) is 5.82. The van der Waals surface area contributed by atoms with Crippen LogP contribution in [0, 0.1) is 0 Å². The van der Waals surface area contributed by atoms with Crippen molar-refractivity contribution in [1.82, 2.24) is 4.98 Å². The number of rotatable bonds is 5. The zero-order valence-electron chi connectivity index (χ0n) is 15.3. The van der Waals surface area contributed by atoms with Gasteiger partial charge in [-0.25, -0.2) is 8.42 Å². The number of hydrogen-bond donors (Lipinski definition) is 1. The normalized spacial score (nSPS) is 12.1. The fraction of sp³-hybridized carbons (Fsp3) is 0.0476. The molecule has 0 fully saturated rings. The van der Waals surface area contributed by atoms with Gasteiger partial charge in [-0.05, 0) is 66.2 Å². The average molecular weight is 432 g/mol. The fourth-order valence-corrected chi connectivity index (χ4v) is 3.77. The quantitative estimate of drug-likeness (QED) is 0.599. The predicted octanol–water partition coefficient (Wildman–Crippen LogP) is 4.59. The average Bonchev–Trinajstić information content (AvgIpc) is 2.73. The summed E-state index contributed by atoms with van der Waals surface area (Å²) >= 11 is 0. The molecule has 9 heteroatoms. The number of nitrogens with zero attached hydrogens (tertiary/aromatic N) is 1. The number of benzene rings is 2. The van der Waals surface area contributed by atoms with Crippen LogP contribution in [-0.4, -0.2) is 19.3 Å². The molecule has 30 heavy (non-hydrogen) atoms. The van der Waals surface area contributed by atoms with Crippen LogP contribution < -0.4 is 5.32 Å². The van der Waals surface area contributed by atoms with E-state index in [0.717, 1.165) is 29.8 Å². The minimum atomic E-state index is -4.55. The highest BCUT2D eigenvalue weighted by Crippen LogP contribution is 2.31. The topological polar surface area (TPSA) is 76.1 Å². The van der Waals surface area contributed by atoms with Gasteiger partial charge in [0, 0.05) is 24.2 Å². The molecule has 0 aliphatic carbocycles. The Morgan fingerprint density at radius 1 is 0.933 bits per heavy atom. The van der Waals surface area contributed by atoms with E-state index in [1.165, 1.54) is 30.3 Å². The molecule has 0 aliphatic heterocycles. The van der Waals surface area contributed by atoms with Crippen molar-refractivity contribution >= 4 is 27.5 Å². The number of halogens is 3. The van der Waals surface area contributed by atoms with Crippen LogP contribution in [0.4, 0.5) is 18.9 Å². The van der Waals surface area contributed by atoms with Crippen LogP contribution >= 0.6 is 0 Å². The van der Waals surface area contributed by atoms with Crippen LogP contribution in [0.2, 0.25) is 0 Å². The van der Waals surface area contributed by atoms with Crippen molar-refractivity contribution in [2.75, 3.05) is 5.32 Å². The second-order valence-corrected chi connectivity index (χ2v) is 8.11. The third kappa shape index (κ3) is 5.12. The summed E-state index contributed by atoms with van der Waals surface area (Å²) in [6.07, 6.45) is 1.53. The van der Waals surface area contributed by atoms with E-state index in [2.05, 4.69) is 10.3 Å². The van der Waals surface area contributed by atoms with E-state index in [0.29, 0.717) is 5.69 Å². The van der Waals surface area contributed by atoms with Gasteiger partial charge in [0.25, 0.3) is 0 Å². The van der Waals surface area contributed by atoms with E-state index >= 15 is 0 Å². The highest BCUT2D eigenvalue weighted by Gasteiger charge is 2.30. The van der Waals surface area contributed by atoms with Gasteiger partial charge in [0.1, 0.15) is 0 Å². The van der Waals surface area contributed by atoms with E-state index in [9.17, 15) is 26.4 Å². The van der Waals surface area contributed by atoms with Gasteiger partial charge < -0.3 is 5.32 Å². The molecular formula is C21H15F3N2O3S. The first-order valence-electron chi connectivity index (χ1n) is 8.58. The number of pyridine rings is 1. The van der Waals surface area contributed by atoms with E-state index in [1.54, 1.807) is 30.6 Å². The monoisotopic (exact) mass is 432 g/mol. The van der Waals surface area contributed by atoms with E-state index in [1.807, 2.05) is 0 Å². The summed E-state index contributed by atoms with van der Waals surface area (Å²) in [4.78, 5) is 15.5. The summed E-state index contributed by atoms with van der Waals surface area (Å²) in [6.45, 7) is 0. The summed E-state index contributed by atoms with van der Waals surface area (Å²) in [7, 11) is -3.99. The van der Waals surface area contributed by atoms with Crippen molar-refractivity contribution in [3.05, 3.63) is 90.3 Å². The SMILES string of the molecule is O=C(/C=C/c1cccnc1)Nc1ccc(S(=O)(=O)c2ccc(C(F)(F)F)cc2)cc1. The maximum atomic E-state index is 12.6. The number of carbonyl (C=O) groups is 1. The summed E-state index contributed by atoms with van der Waals surface area (Å²) < 4.78 is 63.1. The lowest BCUT2D eigenvalue weighted by atomic mass is 10.2. The molecule has 0 saturated carbocycles. The molecule has 3 aromatic rings. The number of hydrogen-bond acceptors (Lipinski definition) is 4. The van der Waals surface area contributed by atoms with Gasteiger partial charge in [0.15, 0.2) is 0 Å². The second-order valence-electron chi connectivity index (χ2n) is 6.16. The summed E-state index contributed by atoms with van der Waals surface area (Å²) in [5.41, 5.74) is 0.173. The molecule has 2 aromatic carbocycles. The Morgan fingerprint density at radius 2 is 1.53 bits per heavy atom. The molecule has 0 atom stereocenters. The molecule has 1 N–H and O–H groups in total. The van der Waals surface area contributed by atoms with Crippen molar-refractivity contribution in [1.29, 1.82) is 0 Å². The van der Waals surface area contributed by atoms with Gasteiger partial charge in [-0.1, -0.05) is 6.07 Å². The molecule has 1 aromatic heterocycles. The lowest BCUT2D eigenvalue weighted by molar-refractivity contribution is -0.137. The Hall–Kier alpha value is -3.46. The Morgan fingerprint density at radius 3 is 2.07 bits per heavy atom. The first-order chi connectivity index (χ1) is 14.2. The van der Waals surface area contributed by atoms with Gasteiger partial charge >= 0.3 is 6.18 Å². The number of anilines is 1. The first-order valence-corrected chi connectivity index (χ1v) is 10.1. The first kappa shape index (κ1) is 21.3. The molecule has 0 radical (unpaired) electrons. The van der Waals surface area contributed by atoms with Crippen LogP contribution in [0.25, 0.3) is 6.08 Å². The maximum absolute atomic E-state index is 12.6. The molecule has 0 unspecified atom stereocenters. The highest BCUT2D eigenvalue weighted by molar-refractivity contribution is 7.91. The molecule has 1 amide bonds. The Labute approximate surface area is 170 Å². The van der Waals surface area contributed by atoms with Crippen LogP contribution in [0.1, 0.15) is 11.1 Å². The maximum Gasteiger partial charge on any atom is 0.416 e. The highest BCUT2D eigenvalue weighted by atomic mass is 32.2. The number of sulfone groups is 1. The largest absolute Gasteiger partial charge is 0.416 e. The fourth-order valence-electron chi connectivity index (χ4n) is 2.51. The summed E-state index contributed by atoms with van der Waals surface area (Å²) in [5, 5.41) is 2.59. The zero-order valence-corrected chi connectivity index (χ0v) is 16.1. The van der Waals surface area contributed by atoms with Crippen LogP contribution in [0.3, 0.4) is 0 Å². The van der Waals surface area contributed by atoms with E-state index in [-0.39, 0.29) is 9.79 Å². The molecule has 5 nitrogen and oxygen atoms in total. The van der Waals surface area contributed by atoms with Gasteiger partial charge in [0.2, 0.25) is 15.7 Å². The van der Waals surface area contributed by atoms with Crippen molar-refractivity contribution in [3.63, 3.8) is 0 Å². The lowest BCUT2D eigenvalue weighted by Crippen LogP contribution is -2.09. The molecule has 0 saturated heterocycles. The van der Waals surface area contributed by atoms with Crippen molar-refractivity contribution in [2.45, 2.75) is 16.0 Å². The van der Waals surface area contributed by atoms with Gasteiger partial charge in [-0.3, -0.25) is 9.78 Å². The van der Waals surface area contributed by atoms with Crippen LogP contribution in [0.15, 0.2) is 88.9 Å². The molecule has 0 bridgehead atoms. The molecule has 3 rings (SSSR count). The Bertz CT molecular complexity index is 1160. The van der Waals surface area contributed by atoms with E-state index in [4.69, 9.17) is 0 Å². The Kier molecular flexibility index (Phi) is 6.02. The number of amides is 1. The van der Waals surface area contributed by atoms with Crippen molar-refractivity contribution in [3.8, 4) is 0 Å². The van der Waals surface area contributed by atoms with Crippen LogP contribution in [-0.2, 0) is 20.8 Å². The summed E-state index contributed by atoms with van der Waals surface area (Å²) in [5.74, 6) is -0.419. The molecule has 0 aliphatic rings. The predicted molar refractivity (Wildman–Crippen MR) is 105 cm³/mol. The van der Waals surface area contributed by atoms with Crippen molar-refractivity contribution in [2.24, 2.45) is 0 Å². The van der Waals surface area contributed by atoms with Crippen LogP contribution in [0.5, 0.6) is 0 Å². The zero-order chi connectivity index (χ0) is 21.8. The van der Waals surface area contributed by atoms with E-state index < -0.39 is 27.5 Å². The molecule has 154 valence electrons.